The van der Waals surface area contributed by atoms with E-state index in [4.69, 9.17) is 14.2 Å². The number of phenolic OH excluding ortho intramolecular Hbond substituents is 1. The van der Waals surface area contributed by atoms with Crippen molar-refractivity contribution in [3.63, 3.8) is 0 Å². The minimum Gasteiger partial charge on any atom is -0.507 e. The van der Waals surface area contributed by atoms with Crippen LogP contribution in [0.4, 0.5) is 4.79 Å². The third-order valence-corrected chi connectivity index (χ3v) is 5.36. The lowest BCUT2D eigenvalue weighted by Gasteiger charge is -2.26. The van der Waals surface area contributed by atoms with Gasteiger partial charge < -0.3 is 19.3 Å². The summed E-state index contributed by atoms with van der Waals surface area (Å²) in [6.07, 6.45) is 1.76. The van der Waals surface area contributed by atoms with Gasteiger partial charge in [0.25, 0.3) is 0 Å². The predicted molar refractivity (Wildman–Crippen MR) is 114 cm³/mol. The molecule has 0 aliphatic carbocycles. The van der Waals surface area contributed by atoms with Gasteiger partial charge in [0, 0.05) is 5.56 Å². The second-order valence-corrected chi connectivity index (χ2v) is 7.38. The third-order valence-electron chi connectivity index (χ3n) is 5.36. The summed E-state index contributed by atoms with van der Waals surface area (Å²) < 4.78 is 16.3. The molecule has 2 aromatic carbocycles. The molecule has 0 fully saturated rings. The van der Waals surface area contributed by atoms with Crippen molar-refractivity contribution in [1.82, 2.24) is 0 Å². The quantitative estimate of drug-likeness (QED) is 0.466. The van der Waals surface area contributed by atoms with Gasteiger partial charge in [0.2, 0.25) is 0 Å². The first-order valence-corrected chi connectivity index (χ1v) is 9.61. The normalized spacial score (nSPS) is 12.7. The van der Waals surface area contributed by atoms with Gasteiger partial charge in [-0.15, -0.1) is 0 Å². The SMILES string of the molecule is C=CC(C)(CCc1c(C)c(OC)c(C)c(C)c1O)OC(=O)OCc1ccccc1. The highest BCUT2D eigenvalue weighted by Crippen LogP contribution is 2.38. The summed E-state index contributed by atoms with van der Waals surface area (Å²) >= 11 is 0. The van der Waals surface area contributed by atoms with E-state index in [1.165, 1.54) is 0 Å². The number of methoxy groups -OCH3 is 1. The molecule has 0 heterocycles. The fourth-order valence-electron chi connectivity index (χ4n) is 3.29. The van der Waals surface area contributed by atoms with E-state index in [0.29, 0.717) is 12.8 Å². The Hall–Kier alpha value is -2.95. The molecule has 0 bridgehead atoms. The standard InChI is InChI=1S/C24H30O5/c1-7-24(5,29-23(26)28-15-19-11-9-8-10-12-19)14-13-20-18(4)22(27-6)17(3)16(2)21(20)25/h7-12,25H,1,13-15H2,2-6H3. The third kappa shape index (κ3) is 5.31. The van der Waals surface area contributed by atoms with Crippen LogP contribution in [0.5, 0.6) is 11.5 Å². The summed E-state index contributed by atoms with van der Waals surface area (Å²) in [5.41, 5.74) is 3.31. The second kappa shape index (κ2) is 9.50. The lowest BCUT2D eigenvalue weighted by Crippen LogP contribution is -2.30. The maximum atomic E-state index is 12.2. The number of ether oxygens (including phenoxy) is 3. The Labute approximate surface area is 172 Å². The van der Waals surface area contributed by atoms with Crippen LogP contribution in [-0.2, 0) is 22.5 Å². The van der Waals surface area contributed by atoms with Gasteiger partial charge in [-0.3, -0.25) is 0 Å². The summed E-state index contributed by atoms with van der Waals surface area (Å²) in [4.78, 5) is 12.2. The molecule has 5 nitrogen and oxygen atoms in total. The Morgan fingerprint density at radius 1 is 1.14 bits per heavy atom. The van der Waals surface area contributed by atoms with E-state index in [-0.39, 0.29) is 12.4 Å². The van der Waals surface area contributed by atoms with Crippen LogP contribution in [0.3, 0.4) is 0 Å². The fraction of sp³-hybridized carbons (Fsp3) is 0.375. The van der Waals surface area contributed by atoms with Crippen molar-refractivity contribution in [3.05, 3.63) is 70.8 Å². The summed E-state index contributed by atoms with van der Waals surface area (Å²) in [6, 6.07) is 9.40. The van der Waals surface area contributed by atoms with Crippen LogP contribution < -0.4 is 4.74 Å². The zero-order valence-electron chi connectivity index (χ0n) is 17.9. The first kappa shape index (κ1) is 22.3. The molecule has 0 radical (unpaired) electrons. The van der Waals surface area contributed by atoms with Crippen LogP contribution in [0.2, 0.25) is 0 Å². The Morgan fingerprint density at radius 3 is 2.38 bits per heavy atom. The van der Waals surface area contributed by atoms with Gasteiger partial charge >= 0.3 is 6.16 Å². The van der Waals surface area contributed by atoms with Crippen molar-refractivity contribution in [2.75, 3.05) is 7.11 Å². The van der Waals surface area contributed by atoms with Crippen LogP contribution in [0.15, 0.2) is 43.0 Å². The van der Waals surface area contributed by atoms with Crippen LogP contribution in [0.25, 0.3) is 0 Å². The number of carbonyl (C=O) groups excluding carboxylic acids is 1. The van der Waals surface area contributed by atoms with Gasteiger partial charge in [-0.25, -0.2) is 4.79 Å². The van der Waals surface area contributed by atoms with E-state index in [0.717, 1.165) is 33.6 Å². The van der Waals surface area contributed by atoms with Crippen molar-refractivity contribution in [2.45, 2.75) is 52.7 Å². The molecule has 1 N–H and O–H groups in total. The molecule has 0 saturated heterocycles. The Bertz CT molecular complexity index is 873. The number of aromatic hydroxyl groups is 1. The summed E-state index contributed by atoms with van der Waals surface area (Å²) in [7, 11) is 1.62. The topological polar surface area (TPSA) is 65.0 Å². The Morgan fingerprint density at radius 2 is 1.79 bits per heavy atom. The highest BCUT2D eigenvalue weighted by molar-refractivity contribution is 5.61. The molecular weight excluding hydrogens is 368 g/mol. The second-order valence-electron chi connectivity index (χ2n) is 7.38. The lowest BCUT2D eigenvalue weighted by atomic mass is 9.90. The van der Waals surface area contributed by atoms with Crippen molar-refractivity contribution < 1.29 is 24.1 Å². The molecule has 0 spiro atoms. The average molecular weight is 398 g/mol. The number of benzene rings is 2. The molecule has 0 aliphatic rings. The largest absolute Gasteiger partial charge is 0.509 e. The fourth-order valence-corrected chi connectivity index (χ4v) is 3.29. The monoisotopic (exact) mass is 398 g/mol. The zero-order valence-corrected chi connectivity index (χ0v) is 17.9. The maximum absolute atomic E-state index is 12.2. The molecular formula is C24H30O5. The van der Waals surface area contributed by atoms with E-state index in [1.807, 2.05) is 51.1 Å². The highest BCUT2D eigenvalue weighted by atomic mass is 16.7. The summed E-state index contributed by atoms with van der Waals surface area (Å²) in [5, 5.41) is 10.6. The van der Waals surface area contributed by atoms with Crippen molar-refractivity contribution in [2.24, 2.45) is 0 Å². The first-order valence-electron chi connectivity index (χ1n) is 9.61. The minimum absolute atomic E-state index is 0.140. The van der Waals surface area contributed by atoms with Gasteiger partial charge in [0.1, 0.15) is 23.7 Å². The Kier molecular flexibility index (Phi) is 7.32. The maximum Gasteiger partial charge on any atom is 0.509 e. The lowest BCUT2D eigenvalue weighted by molar-refractivity contribution is -0.00923. The first-order chi connectivity index (χ1) is 13.7. The van der Waals surface area contributed by atoms with Crippen molar-refractivity contribution in [3.8, 4) is 11.5 Å². The molecule has 0 saturated carbocycles. The molecule has 29 heavy (non-hydrogen) atoms. The molecule has 1 atom stereocenters. The summed E-state index contributed by atoms with van der Waals surface area (Å²) in [5.74, 6) is 1.01. The van der Waals surface area contributed by atoms with Crippen molar-refractivity contribution in [1.29, 1.82) is 0 Å². The van der Waals surface area contributed by atoms with Gasteiger partial charge in [0.05, 0.1) is 7.11 Å². The van der Waals surface area contributed by atoms with E-state index >= 15 is 0 Å². The van der Waals surface area contributed by atoms with Crippen LogP contribution in [-0.4, -0.2) is 24.0 Å². The average Bonchev–Trinajstić information content (AvgIpc) is 2.72. The van der Waals surface area contributed by atoms with E-state index in [1.54, 1.807) is 20.1 Å². The number of rotatable bonds is 8. The molecule has 0 aliphatic heterocycles. The van der Waals surface area contributed by atoms with Gasteiger partial charge in [-0.05, 0) is 68.9 Å². The van der Waals surface area contributed by atoms with Gasteiger partial charge in [0.15, 0.2) is 0 Å². The molecule has 2 aromatic rings. The zero-order chi connectivity index (χ0) is 21.6. The molecule has 5 heteroatoms. The van der Waals surface area contributed by atoms with Gasteiger partial charge in [-0.2, -0.15) is 0 Å². The smallest absolute Gasteiger partial charge is 0.507 e. The van der Waals surface area contributed by atoms with Crippen LogP contribution in [0.1, 0.15) is 41.2 Å². The molecule has 0 amide bonds. The number of hydrogen-bond donors (Lipinski definition) is 1. The number of hydrogen-bond acceptors (Lipinski definition) is 5. The van der Waals surface area contributed by atoms with Gasteiger partial charge in [-0.1, -0.05) is 36.9 Å². The molecule has 1 unspecified atom stereocenters. The van der Waals surface area contributed by atoms with E-state index in [9.17, 15) is 9.90 Å². The Balaban J connectivity index is 2.08. The van der Waals surface area contributed by atoms with E-state index in [2.05, 4.69) is 6.58 Å². The molecule has 156 valence electrons. The highest BCUT2D eigenvalue weighted by Gasteiger charge is 2.28. The van der Waals surface area contributed by atoms with Crippen molar-refractivity contribution >= 4 is 6.16 Å². The minimum atomic E-state index is -0.932. The predicted octanol–water partition coefficient (Wildman–Crippen LogP) is 5.56. The molecule has 0 aromatic heterocycles. The molecule has 2 rings (SSSR count). The van der Waals surface area contributed by atoms with E-state index < -0.39 is 11.8 Å². The number of phenols is 1. The van der Waals surface area contributed by atoms with Crippen LogP contribution in [0, 0.1) is 20.8 Å². The number of carbonyl (C=O) groups is 1. The summed E-state index contributed by atoms with van der Waals surface area (Å²) in [6.45, 7) is 11.4. The van der Waals surface area contributed by atoms with Crippen LogP contribution >= 0.6 is 0 Å².